The van der Waals surface area contributed by atoms with Crippen molar-refractivity contribution < 1.29 is 33.2 Å². The molecule has 6 nitrogen and oxygen atoms in total. The number of carbonyl (C=O) groups is 3. The maximum atomic E-state index is 14.0. The van der Waals surface area contributed by atoms with Gasteiger partial charge < -0.3 is 15.4 Å². The summed E-state index contributed by atoms with van der Waals surface area (Å²) in [5.74, 6) is -2.59. The first-order valence-corrected chi connectivity index (χ1v) is 16.3. The van der Waals surface area contributed by atoms with Gasteiger partial charge in [-0.25, -0.2) is 8.78 Å². The average Bonchev–Trinajstić information content (AvgIpc) is 2.95. The van der Waals surface area contributed by atoms with Gasteiger partial charge in [-0.2, -0.15) is 0 Å². The van der Waals surface area contributed by atoms with Crippen molar-refractivity contribution >= 4 is 30.1 Å². The van der Waals surface area contributed by atoms with Gasteiger partial charge in [0.2, 0.25) is 5.91 Å². The standard InChI is InChI=1S/C33H54BF2NO5/c1-3-27(26(2)38)20-18-19-25-37-31(40)22-17-15-13-11-9-7-5-4-6-8-10-12-14-16-21-30(39)28-23-24-29(34(41)42)33(36)32(28)35/h23-24,27,41-42H,3-22,25H2,1-2H3,(H,37,40)/t27-/m0/s1. The molecule has 0 aliphatic rings. The van der Waals surface area contributed by atoms with E-state index in [4.69, 9.17) is 10.0 Å². The fourth-order valence-electron chi connectivity index (χ4n) is 5.33. The Morgan fingerprint density at radius 2 is 1.24 bits per heavy atom. The number of hydrogen-bond donors (Lipinski definition) is 3. The lowest BCUT2D eigenvalue weighted by Gasteiger charge is -2.11. The Balaban J connectivity index is 1.89. The van der Waals surface area contributed by atoms with E-state index >= 15 is 0 Å². The first-order chi connectivity index (χ1) is 20.2. The van der Waals surface area contributed by atoms with Gasteiger partial charge in [0.25, 0.3) is 0 Å². The summed E-state index contributed by atoms with van der Waals surface area (Å²) in [7, 11) is -2.12. The van der Waals surface area contributed by atoms with Crippen molar-refractivity contribution in [2.24, 2.45) is 5.92 Å². The summed E-state index contributed by atoms with van der Waals surface area (Å²) in [5.41, 5.74) is -0.913. The van der Waals surface area contributed by atoms with Crippen LogP contribution in [0.4, 0.5) is 8.78 Å². The fraction of sp³-hybridized carbons (Fsp3) is 0.727. The summed E-state index contributed by atoms with van der Waals surface area (Å²) < 4.78 is 27.9. The summed E-state index contributed by atoms with van der Waals surface area (Å²) in [6.07, 6.45) is 19.9. The van der Waals surface area contributed by atoms with Crippen LogP contribution in [0.5, 0.6) is 0 Å². The monoisotopic (exact) mass is 593 g/mol. The van der Waals surface area contributed by atoms with Crippen molar-refractivity contribution in [1.29, 1.82) is 0 Å². The summed E-state index contributed by atoms with van der Waals surface area (Å²) in [6, 6.07) is 2.15. The van der Waals surface area contributed by atoms with Crippen molar-refractivity contribution in [2.75, 3.05) is 6.54 Å². The van der Waals surface area contributed by atoms with Crippen LogP contribution in [0.15, 0.2) is 12.1 Å². The molecule has 0 saturated heterocycles. The van der Waals surface area contributed by atoms with E-state index in [1.165, 1.54) is 51.4 Å². The van der Waals surface area contributed by atoms with Gasteiger partial charge in [-0.1, -0.05) is 96.5 Å². The van der Waals surface area contributed by atoms with E-state index in [9.17, 15) is 23.2 Å². The van der Waals surface area contributed by atoms with Gasteiger partial charge >= 0.3 is 7.12 Å². The lowest BCUT2D eigenvalue weighted by molar-refractivity contribution is -0.122. The van der Waals surface area contributed by atoms with Gasteiger partial charge in [0.15, 0.2) is 17.4 Å². The number of carbonyl (C=O) groups excluding carboxylic acids is 3. The summed E-state index contributed by atoms with van der Waals surface area (Å²) in [4.78, 5) is 35.6. The zero-order valence-corrected chi connectivity index (χ0v) is 26.0. The topological polar surface area (TPSA) is 104 Å². The Morgan fingerprint density at radius 3 is 1.71 bits per heavy atom. The molecule has 1 rings (SSSR count). The molecule has 0 aliphatic heterocycles. The summed E-state index contributed by atoms with van der Waals surface area (Å²) in [5, 5.41) is 21.0. The molecule has 0 radical (unpaired) electrons. The highest BCUT2D eigenvalue weighted by molar-refractivity contribution is 6.58. The Bertz CT molecular complexity index is 928. The maximum absolute atomic E-state index is 14.0. The molecule has 0 fully saturated rings. The Hall–Kier alpha value is -2.13. The Labute approximate surface area is 252 Å². The molecule has 1 atom stereocenters. The normalized spacial score (nSPS) is 11.9. The summed E-state index contributed by atoms with van der Waals surface area (Å²) in [6.45, 7) is 4.42. The predicted molar refractivity (Wildman–Crippen MR) is 166 cm³/mol. The predicted octanol–water partition coefficient (Wildman–Crippen LogP) is 6.97. The molecule has 1 aromatic carbocycles. The van der Waals surface area contributed by atoms with Crippen LogP contribution in [0.3, 0.4) is 0 Å². The first kappa shape index (κ1) is 37.9. The highest BCUT2D eigenvalue weighted by atomic mass is 19.2. The number of rotatable bonds is 26. The lowest BCUT2D eigenvalue weighted by Crippen LogP contribution is -2.34. The Kier molecular flexibility index (Phi) is 21.1. The minimum absolute atomic E-state index is 0.140. The van der Waals surface area contributed by atoms with Crippen molar-refractivity contribution in [3.8, 4) is 0 Å². The highest BCUT2D eigenvalue weighted by Gasteiger charge is 2.23. The molecular formula is C33H54BF2NO5. The molecule has 0 aromatic heterocycles. The number of ketones is 2. The molecule has 3 N–H and O–H groups in total. The number of amides is 1. The Morgan fingerprint density at radius 1 is 0.738 bits per heavy atom. The minimum atomic E-state index is -2.12. The van der Waals surface area contributed by atoms with E-state index in [0.29, 0.717) is 19.4 Å². The van der Waals surface area contributed by atoms with Gasteiger partial charge in [-0.3, -0.25) is 14.4 Å². The number of nitrogens with one attached hydrogen (secondary N) is 1. The van der Waals surface area contributed by atoms with Crippen molar-refractivity contribution in [3.05, 3.63) is 29.3 Å². The minimum Gasteiger partial charge on any atom is -0.423 e. The van der Waals surface area contributed by atoms with Crippen molar-refractivity contribution in [2.45, 2.75) is 142 Å². The van der Waals surface area contributed by atoms with Gasteiger partial charge in [-0.05, 0) is 45.1 Å². The second kappa shape index (κ2) is 23.3. The second-order valence-corrected chi connectivity index (χ2v) is 11.6. The van der Waals surface area contributed by atoms with Crippen LogP contribution in [-0.2, 0) is 9.59 Å². The molecule has 0 saturated carbocycles. The van der Waals surface area contributed by atoms with E-state index in [1.807, 2.05) is 6.92 Å². The molecule has 0 heterocycles. The van der Waals surface area contributed by atoms with E-state index in [1.54, 1.807) is 6.92 Å². The van der Waals surface area contributed by atoms with Crippen LogP contribution in [0.1, 0.15) is 153 Å². The zero-order chi connectivity index (χ0) is 31.2. The molecule has 9 heteroatoms. The molecule has 42 heavy (non-hydrogen) atoms. The van der Waals surface area contributed by atoms with Crippen LogP contribution in [0.2, 0.25) is 0 Å². The highest BCUT2D eigenvalue weighted by Crippen LogP contribution is 2.17. The molecule has 0 aliphatic carbocycles. The van der Waals surface area contributed by atoms with E-state index in [-0.39, 0.29) is 29.6 Å². The third kappa shape index (κ3) is 16.5. The molecule has 0 bridgehead atoms. The summed E-state index contributed by atoms with van der Waals surface area (Å²) >= 11 is 0. The van der Waals surface area contributed by atoms with E-state index in [2.05, 4.69) is 5.32 Å². The number of halogens is 2. The van der Waals surface area contributed by atoms with E-state index in [0.717, 1.165) is 69.9 Å². The molecule has 1 amide bonds. The average molecular weight is 594 g/mol. The van der Waals surface area contributed by atoms with Gasteiger partial charge in [0.1, 0.15) is 5.78 Å². The first-order valence-electron chi connectivity index (χ1n) is 16.3. The molecule has 238 valence electrons. The van der Waals surface area contributed by atoms with Gasteiger partial charge in [0.05, 0.1) is 5.56 Å². The molecule has 0 unspecified atom stereocenters. The smallest absolute Gasteiger partial charge is 0.423 e. The fourth-order valence-corrected chi connectivity index (χ4v) is 5.33. The van der Waals surface area contributed by atoms with Gasteiger partial charge in [0, 0.05) is 30.8 Å². The second-order valence-electron chi connectivity index (χ2n) is 11.6. The number of Topliss-reactive ketones (excluding diaryl/α,β-unsaturated/α-hetero) is 2. The third-order valence-corrected chi connectivity index (χ3v) is 8.12. The lowest BCUT2D eigenvalue weighted by atomic mass is 9.79. The SMILES string of the molecule is CC[C@@H](CCCCNC(=O)CCCCCCCCCCCCCCCCC(=O)c1ccc(B(O)O)c(F)c1F)C(C)=O. The van der Waals surface area contributed by atoms with E-state index < -0.39 is 30.0 Å². The number of benzene rings is 1. The maximum Gasteiger partial charge on any atom is 0.491 e. The van der Waals surface area contributed by atoms with Crippen LogP contribution < -0.4 is 10.8 Å². The van der Waals surface area contributed by atoms with Crippen molar-refractivity contribution in [1.82, 2.24) is 5.32 Å². The van der Waals surface area contributed by atoms with Gasteiger partial charge in [-0.15, -0.1) is 0 Å². The van der Waals surface area contributed by atoms with Crippen LogP contribution in [0.25, 0.3) is 0 Å². The largest absolute Gasteiger partial charge is 0.491 e. The van der Waals surface area contributed by atoms with Crippen LogP contribution >= 0.6 is 0 Å². The molecule has 0 spiro atoms. The third-order valence-electron chi connectivity index (χ3n) is 8.12. The number of unbranched alkanes of at least 4 members (excludes halogenated alkanes) is 14. The van der Waals surface area contributed by atoms with Crippen LogP contribution in [0, 0.1) is 17.6 Å². The van der Waals surface area contributed by atoms with Crippen molar-refractivity contribution in [3.63, 3.8) is 0 Å². The molecular weight excluding hydrogens is 539 g/mol. The van der Waals surface area contributed by atoms with Crippen LogP contribution in [-0.4, -0.2) is 41.2 Å². The molecule has 1 aromatic rings. The zero-order valence-electron chi connectivity index (χ0n) is 26.0. The quantitative estimate of drug-likeness (QED) is 0.0612. The number of hydrogen-bond acceptors (Lipinski definition) is 5.